The van der Waals surface area contributed by atoms with Gasteiger partial charge in [0.05, 0.1) is 12.2 Å². The number of hydrogen-bond acceptors (Lipinski definition) is 7. The molecule has 0 spiro atoms. The van der Waals surface area contributed by atoms with Crippen LogP contribution < -0.4 is 10.9 Å². The normalized spacial score (nSPS) is 10.9. The largest absolute Gasteiger partial charge is 0.347 e. The van der Waals surface area contributed by atoms with Gasteiger partial charge in [-0.25, -0.2) is 4.68 Å². The molecule has 26 heavy (non-hydrogen) atoms. The summed E-state index contributed by atoms with van der Waals surface area (Å²) < 4.78 is 2.68. The minimum Gasteiger partial charge on any atom is -0.347 e. The van der Waals surface area contributed by atoms with Crippen LogP contribution in [0.15, 0.2) is 52.1 Å². The molecule has 0 saturated carbocycles. The lowest BCUT2D eigenvalue weighted by atomic mass is 10.2. The summed E-state index contributed by atoms with van der Waals surface area (Å²) in [6, 6.07) is 8.56. The summed E-state index contributed by atoms with van der Waals surface area (Å²) in [7, 11) is 0. The number of fused-ring (bicyclic) bond motifs is 1. The standard InChI is InChI=1S/C16H13N7O2S/c24-15(9-22-16(25)2-1-6-18-22)17-8-14-20-19-13-4-3-12(21-23(13)14)11-5-7-26-10-11/h1-7,10H,8-9H2,(H,17,24). The molecule has 0 aliphatic heterocycles. The number of amides is 1. The third-order valence-corrected chi connectivity index (χ3v) is 4.35. The monoisotopic (exact) mass is 367 g/mol. The van der Waals surface area contributed by atoms with E-state index in [1.54, 1.807) is 15.9 Å². The fraction of sp³-hybridized carbons (Fsp3) is 0.125. The fourth-order valence-electron chi connectivity index (χ4n) is 2.38. The number of nitrogens with zero attached hydrogens (tertiary/aromatic N) is 6. The molecule has 4 aromatic heterocycles. The maximum Gasteiger partial charge on any atom is 0.267 e. The molecule has 0 unspecified atom stereocenters. The molecule has 0 fully saturated rings. The van der Waals surface area contributed by atoms with Crippen LogP contribution in [0.3, 0.4) is 0 Å². The van der Waals surface area contributed by atoms with Gasteiger partial charge in [0, 0.05) is 23.2 Å². The Labute approximate surface area is 150 Å². The van der Waals surface area contributed by atoms with Crippen molar-refractivity contribution in [2.24, 2.45) is 0 Å². The second-order valence-electron chi connectivity index (χ2n) is 5.41. The summed E-state index contributed by atoms with van der Waals surface area (Å²) >= 11 is 1.59. The number of hydrogen-bond donors (Lipinski definition) is 1. The second kappa shape index (κ2) is 6.84. The number of thiophene rings is 1. The van der Waals surface area contributed by atoms with E-state index in [4.69, 9.17) is 0 Å². The van der Waals surface area contributed by atoms with Crippen molar-refractivity contribution in [1.29, 1.82) is 0 Å². The van der Waals surface area contributed by atoms with E-state index in [2.05, 4.69) is 25.7 Å². The fourth-order valence-corrected chi connectivity index (χ4v) is 3.03. The molecular weight excluding hydrogens is 354 g/mol. The number of rotatable bonds is 5. The first kappa shape index (κ1) is 16.1. The first-order valence-corrected chi connectivity index (χ1v) is 8.68. The Morgan fingerprint density at radius 3 is 2.92 bits per heavy atom. The van der Waals surface area contributed by atoms with Crippen LogP contribution in [0, 0.1) is 0 Å². The van der Waals surface area contributed by atoms with Gasteiger partial charge in [0.15, 0.2) is 11.5 Å². The highest BCUT2D eigenvalue weighted by Gasteiger charge is 2.11. The highest BCUT2D eigenvalue weighted by molar-refractivity contribution is 7.08. The molecule has 0 aromatic carbocycles. The van der Waals surface area contributed by atoms with E-state index in [0.29, 0.717) is 11.5 Å². The predicted molar refractivity (Wildman–Crippen MR) is 94.4 cm³/mol. The van der Waals surface area contributed by atoms with Crippen molar-refractivity contribution in [3.63, 3.8) is 0 Å². The summed E-state index contributed by atoms with van der Waals surface area (Å²) in [6.45, 7) is -0.0222. The summed E-state index contributed by atoms with van der Waals surface area (Å²) in [5.41, 5.74) is 2.06. The zero-order valence-corrected chi connectivity index (χ0v) is 14.3. The maximum absolute atomic E-state index is 12.1. The smallest absolute Gasteiger partial charge is 0.267 e. The van der Waals surface area contributed by atoms with Crippen LogP contribution in [0.2, 0.25) is 0 Å². The average molecular weight is 367 g/mol. The minimum absolute atomic E-state index is 0.141. The summed E-state index contributed by atoms with van der Waals surface area (Å²) in [5, 5.41) is 23.2. The Balaban J connectivity index is 1.50. The van der Waals surface area contributed by atoms with E-state index in [9.17, 15) is 9.59 Å². The molecule has 0 atom stereocenters. The Morgan fingerprint density at radius 2 is 2.12 bits per heavy atom. The van der Waals surface area contributed by atoms with Crippen LogP contribution in [0.4, 0.5) is 0 Å². The van der Waals surface area contributed by atoms with E-state index in [-0.39, 0.29) is 24.6 Å². The second-order valence-corrected chi connectivity index (χ2v) is 6.19. The van der Waals surface area contributed by atoms with Crippen molar-refractivity contribution < 1.29 is 4.79 Å². The molecule has 0 aliphatic carbocycles. The molecular formula is C16H13N7O2S. The molecule has 4 aromatic rings. The van der Waals surface area contributed by atoms with E-state index in [0.717, 1.165) is 15.9 Å². The van der Waals surface area contributed by atoms with Crippen molar-refractivity contribution in [3.05, 3.63) is 63.5 Å². The van der Waals surface area contributed by atoms with Gasteiger partial charge in [0.25, 0.3) is 5.56 Å². The zero-order chi connectivity index (χ0) is 17.9. The van der Waals surface area contributed by atoms with Crippen molar-refractivity contribution in [1.82, 2.24) is 34.9 Å². The number of carbonyl (C=O) groups is 1. The lowest BCUT2D eigenvalue weighted by molar-refractivity contribution is -0.122. The molecule has 0 radical (unpaired) electrons. The molecule has 10 heteroatoms. The van der Waals surface area contributed by atoms with Crippen LogP contribution in [0.1, 0.15) is 5.82 Å². The molecule has 1 N–H and O–H groups in total. The third-order valence-electron chi connectivity index (χ3n) is 3.67. The summed E-state index contributed by atoms with van der Waals surface area (Å²) in [6.07, 6.45) is 1.45. The molecule has 9 nitrogen and oxygen atoms in total. The molecule has 0 aliphatic rings. The van der Waals surface area contributed by atoms with Crippen LogP contribution in [0.25, 0.3) is 16.9 Å². The van der Waals surface area contributed by atoms with Crippen molar-refractivity contribution in [2.75, 3.05) is 0 Å². The van der Waals surface area contributed by atoms with Crippen LogP contribution in [-0.4, -0.2) is 35.5 Å². The van der Waals surface area contributed by atoms with Gasteiger partial charge in [-0.3, -0.25) is 9.59 Å². The zero-order valence-electron chi connectivity index (χ0n) is 13.4. The van der Waals surface area contributed by atoms with E-state index in [1.165, 1.54) is 18.3 Å². The first-order chi connectivity index (χ1) is 12.7. The maximum atomic E-state index is 12.1. The summed E-state index contributed by atoms with van der Waals surface area (Å²) in [5.74, 6) is 0.148. The van der Waals surface area contributed by atoms with Gasteiger partial charge >= 0.3 is 0 Å². The van der Waals surface area contributed by atoms with Gasteiger partial charge in [-0.1, -0.05) is 0 Å². The van der Waals surface area contributed by atoms with E-state index >= 15 is 0 Å². The Hall–Kier alpha value is -3.40. The van der Waals surface area contributed by atoms with E-state index in [1.807, 2.05) is 29.0 Å². The average Bonchev–Trinajstić information content (AvgIpc) is 3.31. The van der Waals surface area contributed by atoms with Crippen molar-refractivity contribution >= 4 is 22.9 Å². The number of aromatic nitrogens is 6. The van der Waals surface area contributed by atoms with Crippen LogP contribution in [-0.2, 0) is 17.9 Å². The first-order valence-electron chi connectivity index (χ1n) is 7.73. The van der Waals surface area contributed by atoms with Crippen molar-refractivity contribution in [2.45, 2.75) is 13.1 Å². The quantitative estimate of drug-likeness (QED) is 0.557. The topological polar surface area (TPSA) is 107 Å². The molecule has 4 heterocycles. The SMILES string of the molecule is O=C(Cn1ncccc1=O)NCc1nnc2ccc(-c3ccsc3)nn12. The lowest BCUT2D eigenvalue weighted by Crippen LogP contribution is -2.33. The predicted octanol–water partition coefficient (Wildman–Crippen LogP) is 0.726. The van der Waals surface area contributed by atoms with E-state index < -0.39 is 0 Å². The number of carbonyl (C=O) groups excluding carboxylic acids is 1. The molecule has 4 rings (SSSR count). The van der Waals surface area contributed by atoms with Gasteiger partial charge in [0.2, 0.25) is 5.91 Å². The highest BCUT2D eigenvalue weighted by atomic mass is 32.1. The van der Waals surface area contributed by atoms with Crippen LogP contribution in [0.5, 0.6) is 0 Å². The van der Waals surface area contributed by atoms with Gasteiger partial charge in [-0.15, -0.1) is 10.2 Å². The third kappa shape index (κ3) is 3.22. The Bertz CT molecular complexity index is 1120. The van der Waals surface area contributed by atoms with Crippen LogP contribution >= 0.6 is 11.3 Å². The molecule has 0 saturated heterocycles. The minimum atomic E-state index is -0.350. The van der Waals surface area contributed by atoms with Gasteiger partial charge in [-0.2, -0.15) is 26.0 Å². The number of nitrogens with one attached hydrogen (secondary N) is 1. The molecule has 130 valence electrons. The van der Waals surface area contributed by atoms with Crippen molar-refractivity contribution in [3.8, 4) is 11.3 Å². The van der Waals surface area contributed by atoms with Gasteiger partial charge in [0.1, 0.15) is 6.54 Å². The Kier molecular flexibility index (Phi) is 4.23. The molecule has 0 bridgehead atoms. The molecule has 1 amide bonds. The lowest BCUT2D eigenvalue weighted by Gasteiger charge is -2.05. The summed E-state index contributed by atoms with van der Waals surface area (Å²) in [4.78, 5) is 23.7. The van der Waals surface area contributed by atoms with Gasteiger partial charge in [-0.05, 0) is 29.6 Å². The Morgan fingerprint density at radius 1 is 1.19 bits per heavy atom. The highest BCUT2D eigenvalue weighted by Crippen LogP contribution is 2.20. The van der Waals surface area contributed by atoms with Gasteiger partial charge < -0.3 is 5.32 Å².